The van der Waals surface area contributed by atoms with Gasteiger partial charge >= 0.3 is 0 Å². The largest absolute Gasteiger partial charge is 0.506 e. The van der Waals surface area contributed by atoms with E-state index in [0.717, 1.165) is 31.6 Å². The molecule has 2 saturated heterocycles. The monoisotopic (exact) mass is 338 g/mol. The zero-order valence-corrected chi connectivity index (χ0v) is 15.0. The number of nitrogens with zero attached hydrogens (tertiary/aromatic N) is 2. The van der Waals surface area contributed by atoms with E-state index in [2.05, 4.69) is 24.0 Å². The fraction of sp³-hybridized carbons (Fsp3) is 0.571. The van der Waals surface area contributed by atoms with E-state index in [1.165, 1.54) is 12.0 Å². The second-order valence-corrected chi connectivity index (χ2v) is 8.05. The summed E-state index contributed by atoms with van der Waals surface area (Å²) >= 11 is 0. The molecular formula is C21H26N2O2. The van der Waals surface area contributed by atoms with E-state index < -0.39 is 0 Å². The van der Waals surface area contributed by atoms with E-state index in [9.17, 15) is 9.90 Å². The normalized spacial score (nSPS) is 37.3. The highest BCUT2D eigenvalue weighted by atomic mass is 16.3. The molecule has 3 aliphatic heterocycles. The van der Waals surface area contributed by atoms with Crippen molar-refractivity contribution >= 4 is 11.6 Å². The maximum atomic E-state index is 12.9. The zero-order valence-electron chi connectivity index (χ0n) is 15.0. The topological polar surface area (TPSA) is 43.8 Å². The number of anilines is 1. The van der Waals surface area contributed by atoms with Crippen molar-refractivity contribution in [1.82, 2.24) is 4.90 Å². The molecule has 3 fully saturated rings. The Morgan fingerprint density at radius 1 is 1.40 bits per heavy atom. The molecular weight excluding hydrogens is 312 g/mol. The fourth-order valence-corrected chi connectivity index (χ4v) is 6.44. The molecule has 1 aromatic rings. The van der Waals surface area contributed by atoms with Crippen molar-refractivity contribution in [3.05, 3.63) is 35.4 Å². The molecule has 4 atom stereocenters. The molecule has 1 aromatic carbocycles. The first-order chi connectivity index (χ1) is 12.1. The van der Waals surface area contributed by atoms with Gasteiger partial charge in [0, 0.05) is 23.9 Å². The summed E-state index contributed by atoms with van der Waals surface area (Å²) in [6.07, 6.45) is 6.12. The van der Waals surface area contributed by atoms with E-state index in [-0.39, 0.29) is 23.1 Å². The molecule has 5 rings (SSSR count). The van der Waals surface area contributed by atoms with Gasteiger partial charge in [0.2, 0.25) is 5.91 Å². The van der Waals surface area contributed by atoms with E-state index in [0.29, 0.717) is 18.4 Å². The van der Waals surface area contributed by atoms with Gasteiger partial charge in [-0.25, -0.2) is 0 Å². The van der Waals surface area contributed by atoms with Crippen LogP contribution in [0.15, 0.2) is 29.8 Å². The molecule has 3 heterocycles. The van der Waals surface area contributed by atoms with Crippen LogP contribution in [0.25, 0.3) is 0 Å². The lowest BCUT2D eigenvalue weighted by Crippen LogP contribution is -2.61. The van der Waals surface area contributed by atoms with Gasteiger partial charge in [-0.1, -0.05) is 30.7 Å². The van der Waals surface area contributed by atoms with Crippen LogP contribution in [0.2, 0.25) is 0 Å². The molecule has 2 bridgehead atoms. The van der Waals surface area contributed by atoms with Crippen LogP contribution in [0.1, 0.15) is 45.1 Å². The minimum Gasteiger partial charge on any atom is -0.506 e. The summed E-state index contributed by atoms with van der Waals surface area (Å²) < 4.78 is 0. The van der Waals surface area contributed by atoms with Gasteiger partial charge < -0.3 is 10.0 Å². The molecule has 132 valence electrons. The van der Waals surface area contributed by atoms with Gasteiger partial charge in [0.05, 0.1) is 5.69 Å². The van der Waals surface area contributed by atoms with Crippen LogP contribution in [-0.4, -0.2) is 41.1 Å². The predicted molar refractivity (Wildman–Crippen MR) is 97.8 cm³/mol. The van der Waals surface area contributed by atoms with Crippen LogP contribution < -0.4 is 4.90 Å². The van der Waals surface area contributed by atoms with Crippen molar-refractivity contribution in [2.24, 2.45) is 5.92 Å². The summed E-state index contributed by atoms with van der Waals surface area (Å²) in [5, 5.41) is 10.7. The van der Waals surface area contributed by atoms with Crippen molar-refractivity contribution in [3.63, 3.8) is 0 Å². The third-order valence-electron chi connectivity index (χ3n) is 7.29. The highest BCUT2D eigenvalue weighted by Gasteiger charge is 2.66. The minimum atomic E-state index is -0.0440. The number of fused-ring (bicyclic) bond motifs is 2. The third-order valence-corrected chi connectivity index (χ3v) is 7.29. The summed E-state index contributed by atoms with van der Waals surface area (Å²) in [5.41, 5.74) is 3.52. The van der Waals surface area contributed by atoms with Crippen LogP contribution in [0.4, 0.5) is 5.69 Å². The molecule has 0 unspecified atom stereocenters. The van der Waals surface area contributed by atoms with E-state index in [4.69, 9.17) is 0 Å². The Bertz CT molecular complexity index is 786. The summed E-state index contributed by atoms with van der Waals surface area (Å²) in [4.78, 5) is 17.5. The Hall–Kier alpha value is -1.81. The lowest BCUT2D eigenvalue weighted by molar-refractivity contribution is -0.119. The number of para-hydroxylation sites is 1. The van der Waals surface area contributed by atoms with Crippen molar-refractivity contribution in [1.29, 1.82) is 0 Å². The average Bonchev–Trinajstić information content (AvgIpc) is 3.17. The molecule has 1 saturated carbocycles. The molecule has 1 N–H and O–H groups in total. The van der Waals surface area contributed by atoms with Gasteiger partial charge in [-0.15, -0.1) is 0 Å². The number of benzene rings is 1. The van der Waals surface area contributed by atoms with Gasteiger partial charge in [0.25, 0.3) is 0 Å². The molecule has 4 heteroatoms. The quantitative estimate of drug-likeness (QED) is 0.800. The maximum absolute atomic E-state index is 12.9. The Labute approximate surface area is 149 Å². The first-order valence-electron chi connectivity index (χ1n) is 9.68. The number of piperidine rings is 1. The van der Waals surface area contributed by atoms with Gasteiger partial charge in [-0.2, -0.15) is 0 Å². The smallest absolute Gasteiger partial charge is 0.227 e. The second kappa shape index (κ2) is 5.10. The lowest BCUT2D eigenvalue weighted by atomic mass is 9.58. The first-order valence-corrected chi connectivity index (χ1v) is 9.68. The molecule has 1 aliphatic carbocycles. The summed E-state index contributed by atoms with van der Waals surface area (Å²) in [6, 6.07) is 6.43. The highest BCUT2D eigenvalue weighted by Crippen LogP contribution is 2.63. The molecule has 25 heavy (non-hydrogen) atoms. The average molecular weight is 338 g/mol. The molecule has 1 spiro atoms. The van der Waals surface area contributed by atoms with Crippen LogP contribution in [0, 0.1) is 5.92 Å². The highest BCUT2D eigenvalue weighted by molar-refractivity contribution is 5.99. The standard InChI is InChI=1S/C21H26N2O2/c1-3-14-13-8-10-22-11-9-21(20(14)22)15-6-5-7-16(24)19(15)23(17(21)12-13)18(25)4-2/h3,5-7,13,17,20,24H,4,8-12H2,1-2H3/b14-3-/t13-,17-,20-,21-/m0/s1. The Morgan fingerprint density at radius 3 is 3.00 bits per heavy atom. The molecule has 0 aromatic heterocycles. The summed E-state index contributed by atoms with van der Waals surface area (Å²) in [5.74, 6) is 0.981. The molecule has 4 nitrogen and oxygen atoms in total. The number of aromatic hydroxyl groups is 1. The number of rotatable bonds is 1. The molecule has 0 radical (unpaired) electrons. The molecule has 4 aliphatic rings. The van der Waals surface area contributed by atoms with E-state index in [1.54, 1.807) is 11.6 Å². The van der Waals surface area contributed by atoms with Crippen molar-refractivity contribution < 1.29 is 9.90 Å². The minimum absolute atomic E-state index is 0.0440. The predicted octanol–water partition coefficient (Wildman–Crippen LogP) is 3.20. The number of phenols is 1. The van der Waals surface area contributed by atoms with Crippen LogP contribution >= 0.6 is 0 Å². The van der Waals surface area contributed by atoms with Crippen molar-refractivity contribution in [3.8, 4) is 5.75 Å². The van der Waals surface area contributed by atoms with Crippen molar-refractivity contribution in [2.75, 3.05) is 18.0 Å². The van der Waals surface area contributed by atoms with Crippen LogP contribution in [0.3, 0.4) is 0 Å². The number of carbonyl (C=O) groups excluding carboxylic acids is 1. The lowest BCUT2D eigenvalue weighted by Gasteiger charge is -2.53. The van der Waals surface area contributed by atoms with Gasteiger partial charge in [0.15, 0.2) is 0 Å². The Kier molecular flexibility index (Phi) is 3.15. The Morgan fingerprint density at radius 2 is 2.24 bits per heavy atom. The number of phenolic OH excluding ortho intramolecular Hbond substituents is 1. The summed E-state index contributed by atoms with van der Waals surface area (Å²) in [6.45, 7) is 6.35. The summed E-state index contributed by atoms with van der Waals surface area (Å²) in [7, 11) is 0. The van der Waals surface area contributed by atoms with E-state index in [1.807, 2.05) is 17.9 Å². The van der Waals surface area contributed by atoms with E-state index >= 15 is 0 Å². The fourth-order valence-electron chi connectivity index (χ4n) is 6.44. The maximum Gasteiger partial charge on any atom is 0.227 e. The zero-order chi connectivity index (χ0) is 17.3. The van der Waals surface area contributed by atoms with Gasteiger partial charge in [0.1, 0.15) is 5.75 Å². The third kappa shape index (κ3) is 1.69. The number of hydrogen-bond donors (Lipinski definition) is 1. The molecule has 1 amide bonds. The second-order valence-electron chi connectivity index (χ2n) is 8.05. The number of carbonyl (C=O) groups is 1. The van der Waals surface area contributed by atoms with Crippen molar-refractivity contribution in [2.45, 2.75) is 57.0 Å². The first kappa shape index (κ1) is 15.4. The van der Waals surface area contributed by atoms with Gasteiger partial charge in [-0.3, -0.25) is 9.69 Å². The number of amides is 1. The van der Waals surface area contributed by atoms with Crippen LogP contribution in [-0.2, 0) is 10.2 Å². The van der Waals surface area contributed by atoms with Crippen LogP contribution in [0.5, 0.6) is 5.75 Å². The number of hydrogen-bond acceptors (Lipinski definition) is 3. The van der Waals surface area contributed by atoms with Gasteiger partial charge in [-0.05, 0) is 56.8 Å². The Balaban J connectivity index is 1.79. The SMILES string of the molecule is C/C=C1/[C@H]2CCN3CC[C@@]4(c5cccc(O)c5N(C(=O)CC)[C@H]4C2)[C@H]13. The number of allylic oxidation sites excluding steroid dienone is 1.